The molecule has 0 aromatic heterocycles. The fourth-order valence-corrected chi connectivity index (χ4v) is 2.69. The zero-order valence-electron chi connectivity index (χ0n) is 18.9. The summed E-state index contributed by atoms with van der Waals surface area (Å²) in [5.74, 6) is -40.3. The standard InChI is InChI=1S/C20H14F13NO5/c1-10(35)13(9-11-4-2-5-12(8-11)34(37)38)14(36)39-7-3-6-15(21,22)16(23,24)17(25,26)18(27,28)19(29,30)20(31,32)33/h2,4-5,8-9H,3,6-7H2,1H3. The third-order valence-electron chi connectivity index (χ3n) is 4.86. The predicted octanol–water partition coefficient (Wildman–Crippen LogP) is 6.63. The molecule has 0 saturated carbocycles. The first-order valence-electron chi connectivity index (χ1n) is 9.95. The van der Waals surface area contributed by atoms with Gasteiger partial charge in [-0.25, -0.2) is 4.79 Å². The lowest BCUT2D eigenvalue weighted by atomic mass is 9.92. The highest BCUT2D eigenvalue weighted by Crippen LogP contribution is 2.60. The number of halogens is 13. The van der Waals surface area contributed by atoms with Gasteiger partial charge in [-0.15, -0.1) is 0 Å². The highest BCUT2D eigenvalue weighted by molar-refractivity contribution is 6.19. The van der Waals surface area contributed by atoms with E-state index in [0.29, 0.717) is 0 Å². The van der Waals surface area contributed by atoms with Crippen LogP contribution in [-0.4, -0.2) is 59.1 Å². The molecule has 0 aliphatic rings. The third-order valence-corrected chi connectivity index (χ3v) is 4.86. The van der Waals surface area contributed by atoms with Gasteiger partial charge >= 0.3 is 41.8 Å². The van der Waals surface area contributed by atoms with Gasteiger partial charge < -0.3 is 4.74 Å². The summed E-state index contributed by atoms with van der Waals surface area (Å²) in [7, 11) is 0. The Morgan fingerprint density at radius 3 is 1.85 bits per heavy atom. The van der Waals surface area contributed by atoms with Crippen LogP contribution in [0.15, 0.2) is 29.8 Å². The Labute approximate surface area is 208 Å². The number of benzene rings is 1. The Balaban J connectivity index is 3.04. The van der Waals surface area contributed by atoms with Crippen LogP contribution in [-0.2, 0) is 14.3 Å². The molecule has 0 heterocycles. The summed E-state index contributed by atoms with van der Waals surface area (Å²) < 4.78 is 174. The highest BCUT2D eigenvalue weighted by Gasteiger charge is 2.90. The van der Waals surface area contributed by atoms with Crippen molar-refractivity contribution in [1.82, 2.24) is 0 Å². The molecule has 1 rings (SSSR count). The van der Waals surface area contributed by atoms with Crippen molar-refractivity contribution < 1.29 is 76.3 Å². The Bertz CT molecular complexity index is 1130. The van der Waals surface area contributed by atoms with Gasteiger partial charge in [-0.2, -0.15) is 57.1 Å². The van der Waals surface area contributed by atoms with Crippen molar-refractivity contribution in [2.24, 2.45) is 0 Å². The molecule has 19 heteroatoms. The van der Waals surface area contributed by atoms with Crippen molar-refractivity contribution in [3.8, 4) is 0 Å². The fourth-order valence-electron chi connectivity index (χ4n) is 2.69. The summed E-state index contributed by atoms with van der Waals surface area (Å²) in [6.45, 7) is -0.608. The number of Topliss-reactive ketones (excluding diaryl/α,β-unsaturated/α-hetero) is 1. The van der Waals surface area contributed by atoms with E-state index in [1.165, 1.54) is 6.07 Å². The minimum atomic E-state index is -8.02. The van der Waals surface area contributed by atoms with E-state index >= 15 is 0 Å². The lowest BCUT2D eigenvalue weighted by Crippen LogP contribution is -2.70. The van der Waals surface area contributed by atoms with E-state index < -0.39 is 83.2 Å². The minimum absolute atomic E-state index is 0.114. The first kappa shape index (κ1) is 33.6. The normalized spacial score (nSPS) is 14.3. The third kappa shape index (κ3) is 6.43. The van der Waals surface area contributed by atoms with Gasteiger partial charge in [-0.05, 0) is 25.0 Å². The maximum Gasteiger partial charge on any atom is 0.460 e. The number of carbonyl (C=O) groups is 2. The number of esters is 1. The molecule has 0 aliphatic carbocycles. The zero-order chi connectivity index (χ0) is 30.8. The molecule has 0 fully saturated rings. The van der Waals surface area contributed by atoms with Gasteiger partial charge in [0.1, 0.15) is 5.57 Å². The SMILES string of the molecule is CC(=O)C(=Cc1cccc([N+](=O)[O-])c1)C(=O)OCCCC(F)(F)C(F)(F)C(F)(F)C(F)(F)C(F)(F)C(F)(F)F. The van der Waals surface area contributed by atoms with Crippen LogP contribution in [0.5, 0.6) is 0 Å². The molecule has 0 amide bonds. The average molecular weight is 595 g/mol. The number of rotatable bonds is 12. The van der Waals surface area contributed by atoms with Gasteiger partial charge in [0, 0.05) is 18.6 Å². The van der Waals surface area contributed by atoms with Crippen molar-refractivity contribution >= 4 is 23.5 Å². The average Bonchev–Trinajstić information content (AvgIpc) is 2.78. The summed E-state index contributed by atoms with van der Waals surface area (Å²) in [5.41, 5.74) is -1.47. The largest absolute Gasteiger partial charge is 0.462 e. The van der Waals surface area contributed by atoms with Gasteiger partial charge in [-0.1, -0.05) is 12.1 Å². The summed E-state index contributed by atoms with van der Waals surface area (Å²) in [6.07, 6.45) is -10.9. The smallest absolute Gasteiger partial charge is 0.460 e. The lowest BCUT2D eigenvalue weighted by Gasteiger charge is -2.39. The number of hydrogen-bond acceptors (Lipinski definition) is 5. The second kappa shape index (κ2) is 11.0. The summed E-state index contributed by atoms with van der Waals surface area (Å²) >= 11 is 0. The van der Waals surface area contributed by atoms with Crippen molar-refractivity contribution in [2.45, 2.75) is 55.6 Å². The Morgan fingerprint density at radius 1 is 0.872 bits per heavy atom. The fraction of sp³-hybridized carbons (Fsp3) is 0.500. The number of ether oxygens (including phenoxy) is 1. The van der Waals surface area contributed by atoms with Crippen molar-refractivity contribution in [3.63, 3.8) is 0 Å². The molecule has 39 heavy (non-hydrogen) atoms. The van der Waals surface area contributed by atoms with E-state index in [-0.39, 0.29) is 5.56 Å². The second-order valence-electron chi connectivity index (χ2n) is 7.71. The Kier molecular flexibility index (Phi) is 9.47. The maximum atomic E-state index is 13.8. The topological polar surface area (TPSA) is 86.5 Å². The highest BCUT2D eigenvalue weighted by atomic mass is 19.4. The molecule has 1 aromatic carbocycles. The minimum Gasteiger partial charge on any atom is -0.462 e. The van der Waals surface area contributed by atoms with Crippen LogP contribution in [0, 0.1) is 10.1 Å². The maximum absolute atomic E-state index is 13.8. The van der Waals surface area contributed by atoms with Crippen LogP contribution in [0.2, 0.25) is 0 Å². The van der Waals surface area contributed by atoms with Gasteiger partial charge in [0.15, 0.2) is 5.78 Å². The van der Waals surface area contributed by atoms with Crippen LogP contribution in [0.3, 0.4) is 0 Å². The van der Waals surface area contributed by atoms with E-state index in [1.807, 2.05) is 0 Å². The molecule has 1 aromatic rings. The van der Waals surface area contributed by atoms with Crippen LogP contribution in [0.1, 0.15) is 25.3 Å². The molecule has 6 nitrogen and oxygen atoms in total. The van der Waals surface area contributed by atoms with Gasteiger partial charge in [0.25, 0.3) is 5.69 Å². The number of alkyl halides is 13. The van der Waals surface area contributed by atoms with Crippen molar-refractivity contribution in [2.75, 3.05) is 6.61 Å². The first-order valence-corrected chi connectivity index (χ1v) is 9.95. The molecular weight excluding hydrogens is 581 g/mol. The first-order chi connectivity index (χ1) is 17.3. The lowest BCUT2D eigenvalue weighted by molar-refractivity contribution is -0.440. The van der Waals surface area contributed by atoms with Crippen LogP contribution < -0.4 is 0 Å². The molecule has 0 spiro atoms. The predicted molar refractivity (Wildman–Crippen MR) is 103 cm³/mol. The van der Waals surface area contributed by atoms with Crippen molar-refractivity contribution in [1.29, 1.82) is 0 Å². The second-order valence-corrected chi connectivity index (χ2v) is 7.71. The van der Waals surface area contributed by atoms with Gasteiger partial charge in [0.2, 0.25) is 0 Å². The molecule has 220 valence electrons. The van der Waals surface area contributed by atoms with E-state index in [1.54, 1.807) is 0 Å². The number of carbonyl (C=O) groups excluding carboxylic acids is 2. The summed E-state index contributed by atoms with van der Waals surface area (Å²) in [5, 5.41) is 10.8. The molecule has 0 N–H and O–H groups in total. The molecule has 0 radical (unpaired) electrons. The number of ketones is 1. The molecule has 0 saturated heterocycles. The Morgan fingerprint density at radius 2 is 1.38 bits per heavy atom. The van der Waals surface area contributed by atoms with E-state index in [9.17, 15) is 76.8 Å². The van der Waals surface area contributed by atoms with Crippen LogP contribution in [0.4, 0.5) is 62.8 Å². The quantitative estimate of drug-likeness (QED) is 0.0396. The van der Waals surface area contributed by atoms with Crippen molar-refractivity contribution in [3.05, 3.63) is 45.5 Å². The number of hydrogen-bond donors (Lipinski definition) is 0. The van der Waals surface area contributed by atoms with Gasteiger partial charge in [-0.3, -0.25) is 14.9 Å². The number of nitrogens with zero attached hydrogens (tertiary/aromatic N) is 1. The van der Waals surface area contributed by atoms with Crippen LogP contribution in [0.25, 0.3) is 6.08 Å². The molecular formula is C20H14F13NO5. The summed E-state index contributed by atoms with van der Waals surface area (Å²) in [4.78, 5) is 33.6. The molecule has 0 atom stereocenters. The van der Waals surface area contributed by atoms with E-state index in [2.05, 4.69) is 4.74 Å². The van der Waals surface area contributed by atoms with Gasteiger partial charge in [0.05, 0.1) is 11.5 Å². The molecule has 0 unspecified atom stereocenters. The number of non-ortho nitro benzene ring substituents is 1. The van der Waals surface area contributed by atoms with Crippen LogP contribution >= 0.6 is 0 Å². The number of nitro benzene ring substituents is 1. The Hall–Kier alpha value is -3.41. The summed E-state index contributed by atoms with van der Waals surface area (Å²) in [6, 6.07) is 4.23. The number of nitro groups is 1. The molecule has 0 aliphatic heterocycles. The zero-order valence-corrected chi connectivity index (χ0v) is 18.9. The monoisotopic (exact) mass is 595 g/mol. The molecule has 0 bridgehead atoms. The van der Waals surface area contributed by atoms with E-state index in [4.69, 9.17) is 0 Å². The van der Waals surface area contributed by atoms with E-state index in [0.717, 1.165) is 31.2 Å².